The summed E-state index contributed by atoms with van der Waals surface area (Å²) >= 11 is 0. The second kappa shape index (κ2) is 6.50. The van der Waals surface area contributed by atoms with E-state index in [2.05, 4.69) is 0 Å². The average molecular weight is 285 g/mol. The molecule has 0 bridgehead atoms. The fourth-order valence-electron chi connectivity index (χ4n) is 0. The van der Waals surface area contributed by atoms with Crippen molar-refractivity contribution >= 4 is 11.9 Å². The van der Waals surface area contributed by atoms with Gasteiger partial charge in [-0.1, -0.05) is 0 Å². The average Bonchev–Trinajstić information content (AvgIpc) is 1.83. The molecule has 0 amide bonds. The first-order valence-corrected chi connectivity index (χ1v) is 2.45. The molecular formula is C4CoF6O4. The number of carbonyl (C=O) groups excluding carboxylic acids is 2. The van der Waals surface area contributed by atoms with E-state index >= 15 is 0 Å². The first-order chi connectivity index (χ1) is 5.89. The van der Waals surface area contributed by atoms with Crippen LogP contribution in [0.4, 0.5) is 26.3 Å². The monoisotopic (exact) mass is 285 g/mol. The van der Waals surface area contributed by atoms with Crippen LogP contribution in [0, 0.1) is 0 Å². The third kappa shape index (κ3) is 13.0. The summed E-state index contributed by atoms with van der Waals surface area (Å²) < 4.78 is 63.1. The quantitative estimate of drug-likeness (QED) is 0.512. The summed E-state index contributed by atoms with van der Waals surface area (Å²) in [6.45, 7) is 0. The predicted molar refractivity (Wildman–Crippen MR) is 22.1 cm³/mol. The molecule has 0 fully saturated rings. The zero-order chi connectivity index (χ0) is 12.2. The van der Waals surface area contributed by atoms with Gasteiger partial charge in [-0.05, 0) is 0 Å². The summed E-state index contributed by atoms with van der Waals surface area (Å²) in [6.07, 6.45) is -10.4. The van der Waals surface area contributed by atoms with Crippen molar-refractivity contribution in [3.8, 4) is 0 Å². The molecule has 0 atom stereocenters. The fourth-order valence-corrected chi connectivity index (χ4v) is 0. The van der Waals surface area contributed by atoms with E-state index in [1.807, 2.05) is 0 Å². The zero-order valence-corrected chi connectivity index (χ0v) is 7.28. The van der Waals surface area contributed by atoms with Crippen LogP contribution in [0.25, 0.3) is 0 Å². The molecule has 0 aliphatic rings. The third-order valence-corrected chi connectivity index (χ3v) is 0.463. The van der Waals surface area contributed by atoms with Crippen molar-refractivity contribution in [2.75, 3.05) is 0 Å². The number of carbonyl (C=O) groups is 2. The molecule has 0 aromatic rings. The van der Waals surface area contributed by atoms with Gasteiger partial charge < -0.3 is 19.8 Å². The SMILES string of the molecule is O=C([O-])C(F)(F)F.O=C([O-])C(F)(F)F.[Co+2]. The predicted octanol–water partition coefficient (Wildman–Crippen LogP) is -1.41. The van der Waals surface area contributed by atoms with E-state index in [0.717, 1.165) is 0 Å². The number of aliphatic carboxylic acids is 2. The summed E-state index contributed by atoms with van der Waals surface area (Å²) in [5.74, 6) is -6.01. The van der Waals surface area contributed by atoms with Gasteiger partial charge in [0.25, 0.3) is 0 Å². The van der Waals surface area contributed by atoms with Gasteiger partial charge in [0.1, 0.15) is 11.9 Å². The Kier molecular flexibility index (Phi) is 8.48. The normalized spacial score (nSPS) is 10.5. The number of carboxylic acid groups (broad SMARTS) is 2. The second-order valence-electron chi connectivity index (χ2n) is 1.57. The van der Waals surface area contributed by atoms with E-state index in [9.17, 15) is 26.3 Å². The fraction of sp³-hybridized carbons (Fsp3) is 0.500. The van der Waals surface area contributed by atoms with Crippen LogP contribution in [0.5, 0.6) is 0 Å². The van der Waals surface area contributed by atoms with Crippen molar-refractivity contribution in [1.82, 2.24) is 0 Å². The molecule has 0 N–H and O–H groups in total. The van der Waals surface area contributed by atoms with Gasteiger partial charge in [-0.2, -0.15) is 26.3 Å². The Hall–Kier alpha value is -0.974. The van der Waals surface area contributed by atoms with Gasteiger partial charge in [0.2, 0.25) is 0 Å². The van der Waals surface area contributed by atoms with E-state index in [1.54, 1.807) is 0 Å². The maximum Gasteiger partial charge on any atom is 2.00 e. The molecule has 0 aromatic heterocycles. The van der Waals surface area contributed by atoms with Crippen LogP contribution in [0.15, 0.2) is 0 Å². The maximum atomic E-state index is 10.5. The molecule has 0 aliphatic heterocycles. The Morgan fingerprint density at radius 1 is 0.733 bits per heavy atom. The van der Waals surface area contributed by atoms with Gasteiger partial charge in [-0.3, -0.25) is 0 Å². The first kappa shape index (κ1) is 19.6. The molecule has 0 spiro atoms. The molecule has 0 heterocycles. The molecule has 0 rings (SSSR count). The molecule has 4 nitrogen and oxygen atoms in total. The van der Waals surface area contributed by atoms with Crippen LogP contribution in [-0.2, 0) is 26.4 Å². The topological polar surface area (TPSA) is 80.3 Å². The molecular weight excluding hydrogens is 285 g/mol. The molecule has 15 heavy (non-hydrogen) atoms. The van der Waals surface area contributed by atoms with E-state index in [4.69, 9.17) is 19.8 Å². The molecule has 0 saturated heterocycles. The Balaban J connectivity index is -0.000000180. The first-order valence-electron chi connectivity index (χ1n) is 2.45. The number of rotatable bonds is 0. The summed E-state index contributed by atoms with van der Waals surface area (Å²) in [4.78, 5) is 17.6. The van der Waals surface area contributed by atoms with Crippen molar-refractivity contribution in [3.05, 3.63) is 0 Å². The number of hydrogen-bond acceptors (Lipinski definition) is 4. The minimum absolute atomic E-state index is 0. The van der Waals surface area contributed by atoms with Crippen LogP contribution < -0.4 is 10.2 Å². The second-order valence-corrected chi connectivity index (χ2v) is 1.57. The largest absolute Gasteiger partial charge is 2.00 e. The Morgan fingerprint density at radius 3 is 0.800 bits per heavy atom. The van der Waals surface area contributed by atoms with Gasteiger partial charge in [-0.15, -0.1) is 0 Å². The van der Waals surface area contributed by atoms with E-state index in [1.165, 1.54) is 0 Å². The van der Waals surface area contributed by atoms with Gasteiger partial charge in [0, 0.05) is 0 Å². The molecule has 0 unspecified atom stereocenters. The van der Waals surface area contributed by atoms with Gasteiger partial charge in [0.15, 0.2) is 0 Å². The molecule has 1 radical (unpaired) electrons. The number of alkyl halides is 6. The smallest absolute Gasteiger partial charge is 0.542 e. The van der Waals surface area contributed by atoms with Crippen LogP contribution in [0.1, 0.15) is 0 Å². The van der Waals surface area contributed by atoms with Gasteiger partial charge >= 0.3 is 29.1 Å². The Bertz CT molecular complexity index is 196. The number of halogens is 6. The van der Waals surface area contributed by atoms with Crippen LogP contribution in [0.3, 0.4) is 0 Å². The molecule has 0 saturated carbocycles. The molecule has 0 aromatic carbocycles. The van der Waals surface area contributed by atoms with Crippen molar-refractivity contribution in [3.63, 3.8) is 0 Å². The van der Waals surface area contributed by atoms with E-state index in [-0.39, 0.29) is 16.8 Å². The van der Waals surface area contributed by atoms with Gasteiger partial charge in [-0.25, -0.2) is 0 Å². The summed E-state index contributed by atoms with van der Waals surface area (Å²) in [5, 5.41) is 17.6. The van der Waals surface area contributed by atoms with Crippen molar-refractivity contribution in [2.24, 2.45) is 0 Å². The molecule has 11 heteroatoms. The van der Waals surface area contributed by atoms with Crippen molar-refractivity contribution in [2.45, 2.75) is 12.4 Å². The number of carboxylic acids is 2. The minimum atomic E-state index is -5.19. The van der Waals surface area contributed by atoms with Crippen molar-refractivity contribution in [1.29, 1.82) is 0 Å². The molecule has 0 aliphatic carbocycles. The summed E-state index contributed by atoms with van der Waals surface area (Å²) in [7, 11) is 0. The minimum Gasteiger partial charge on any atom is -0.542 e. The molecule has 91 valence electrons. The summed E-state index contributed by atoms with van der Waals surface area (Å²) in [6, 6.07) is 0. The Morgan fingerprint density at radius 2 is 0.800 bits per heavy atom. The van der Waals surface area contributed by atoms with Crippen LogP contribution >= 0.6 is 0 Å². The number of hydrogen-bond donors (Lipinski definition) is 0. The third-order valence-electron chi connectivity index (χ3n) is 0.463. The Labute approximate surface area is 88.1 Å². The van der Waals surface area contributed by atoms with Crippen molar-refractivity contribution < 1.29 is 62.9 Å². The van der Waals surface area contributed by atoms with Crippen LogP contribution in [-0.4, -0.2) is 24.3 Å². The zero-order valence-electron chi connectivity index (χ0n) is 6.23. The van der Waals surface area contributed by atoms with Gasteiger partial charge in [0.05, 0.1) is 0 Å². The standard InChI is InChI=1S/2C2HF3O2.Co/c2*3-2(4,5)1(6)7;/h2*(H,6,7);/q;;+2/p-2. The summed E-state index contributed by atoms with van der Waals surface area (Å²) in [5.41, 5.74) is 0. The van der Waals surface area contributed by atoms with E-state index < -0.39 is 24.3 Å². The van der Waals surface area contributed by atoms with E-state index in [0.29, 0.717) is 0 Å². The van der Waals surface area contributed by atoms with Crippen LogP contribution in [0.2, 0.25) is 0 Å². The maximum absolute atomic E-state index is 10.5.